The molecule has 20 heavy (non-hydrogen) atoms. The molecule has 2 aromatic rings. The first kappa shape index (κ1) is 15.2. The Hall–Kier alpha value is -1.19. The van der Waals surface area contributed by atoms with Gasteiger partial charge in [0.25, 0.3) is 0 Å². The smallest absolute Gasteiger partial charge is 0.118 e. The zero-order chi connectivity index (χ0) is 14.2. The van der Waals surface area contributed by atoms with E-state index in [4.69, 9.17) is 4.42 Å². The molecule has 1 N–H and O–H groups in total. The molecule has 0 fully saturated rings. The summed E-state index contributed by atoms with van der Waals surface area (Å²) in [6.07, 6.45) is 4.40. The van der Waals surface area contributed by atoms with Crippen LogP contribution in [-0.2, 0) is 12.3 Å². The minimum atomic E-state index is 0.398. The van der Waals surface area contributed by atoms with Crippen LogP contribution in [0.3, 0.4) is 0 Å². The van der Waals surface area contributed by atoms with E-state index in [0.717, 1.165) is 30.2 Å². The molecule has 108 valence electrons. The van der Waals surface area contributed by atoms with Crippen LogP contribution in [0.2, 0.25) is 0 Å². The number of hydrogen-bond acceptors (Lipinski definition) is 3. The fourth-order valence-electron chi connectivity index (χ4n) is 2.32. The number of thioether (sulfide) groups is 1. The van der Waals surface area contributed by atoms with Gasteiger partial charge in [-0.2, -0.15) is 11.8 Å². The van der Waals surface area contributed by atoms with Gasteiger partial charge in [0.1, 0.15) is 11.5 Å². The van der Waals surface area contributed by atoms with Crippen molar-refractivity contribution >= 4 is 11.8 Å². The summed E-state index contributed by atoms with van der Waals surface area (Å²) in [7, 11) is 0. The van der Waals surface area contributed by atoms with E-state index in [1.165, 1.54) is 12.0 Å². The van der Waals surface area contributed by atoms with Crippen LogP contribution < -0.4 is 5.32 Å². The second-order valence-corrected chi connectivity index (χ2v) is 5.80. The van der Waals surface area contributed by atoms with Crippen molar-refractivity contribution in [3.8, 4) is 0 Å². The van der Waals surface area contributed by atoms with Crippen molar-refractivity contribution in [2.24, 2.45) is 0 Å². The maximum absolute atomic E-state index is 5.81. The highest BCUT2D eigenvalue weighted by molar-refractivity contribution is 7.97. The Morgan fingerprint density at radius 2 is 1.85 bits per heavy atom. The number of nitrogens with one attached hydrogen (secondary N) is 1. The molecule has 3 heteroatoms. The van der Waals surface area contributed by atoms with E-state index >= 15 is 0 Å². The maximum atomic E-state index is 5.81. The first-order valence-corrected chi connectivity index (χ1v) is 8.57. The molecular formula is C17H23NOS. The summed E-state index contributed by atoms with van der Waals surface area (Å²) < 4.78 is 5.81. The van der Waals surface area contributed by atoms with Gasteiger partial charge in [0, 0.05) is 6.04 Å². The summed E-state index contributed by atoms with van der Waals surface area (Å²) in [6, 6.07) is 15.2. The Morgan fingerprint density at radius 1 is 1.10 bits per heavy atom. The van der Waals surface area contributed by atoms with Crippen molar-refractivity contribution < 1.29 is 4.42 Å². The Labute approximate surface area is 126 Å². The van der Waals surface area contributed by atoms with Crippen LogP contribution in [-0.4, -0.2) is 6.26 Å². The average Bonchev–Trinajstić information content (AvgIpc) is 2.92. The minimum Gasteiger partial charge on any atom is -0.464 e. The number of hydrogen-bond donors (Lipinski definition) is 1. The number of rotatable bonds is 8. The second kappa shape index (κ2) is 8.18. The van der Waals surface area contributed by atoms with Crippen LogP contribution in [0.15, 0.2) is 46.9 Å². The fraction of sp³-hybridized carbons (Fsp3) is 0.412. The molecule has 1 atom stereocenters. The van der Waals surface area contributed by atoms with Gasteiger partial charge in [-0.15, -0.1) is 0 Å². The topological polar surface area (TPSA) is 25.2 Å². The predicted octanol–water partition coefficient (Wildman–Crippen LogP) is 4.77. The molecule has 0 aliphatic rings. The van der Waals surface area contributed by atoms with Crippen molar-refractivity contribution in [3.63, 3.8) is 0 Å². The van der Waals surface area contributed by atoms with E-state index in [-0.39, 0.29) is 0 Å². The Bertz CT molecular complexity index is 495. The van der Waals surface area contributed by atoms with Gasteiger partial charge in [0.05, 0.1) is 12.3 Å². The number of furan rings is 1. The van der Waals surface area contributed by atoms with Crippen LogP contribution in [0.5, 0.6) is 0 Å². The maximum Gasteiger partial charge on any atom is 0.118 e. The lowest BCUT2D eigenvalue weighted by Gasteiger charge is -2.17. The van der Waals surface area contributed by atoms with Gasteiger partial charge in [-0.25, -0.2) is 0 Å². The summed E-state index contributed by atoms with van der Waals surface area (Å²) in [5, 5.41) is 3.61. The fourth-order valence-corrected chi connectivity index (χ4v) is 2.76. The molecule has 2 rings (SSSR count). The van der Waals surface area contributed by atoms with E-state index in [9.17, 15) is 0 Å². The van der Waals surface area contributed by atoms with Crippen molar-refractivity contribution in [1.29, 1.82) is 0 Å². The predicted molar refractivity (Wildman–Crippen MR) is 86.9 cm³/mol. The van der Waals surface area contributed by atoms with E-state index in [2.05, 4.69) is 61.0 Å². The van der Waals surface area contributed by atoms with Gasteiger partial charge in [-0.05, 0) is 30.4 Å². The zero-order valence-electron chi connectivity index (χ0n) is 12.3. The lowest BCUT2D eigenvalue weighted by atomic mass is 10.0. The van der Waals surface area contributed by atoms with E-state index in [1.807, 2.05) is 0 Å². The SMILES string of the molecule is CCCC(NCc1ccc(CSC)o1)c1ccccc1. The van der Waals surface area contributed by atoms with Crippen molar-refractivity contribution in [1.82, 2.24) is 5.32 Å². The molecule has 1 unspecified atom stereocenters. The third-order valence-electron chi connectivity index (χ3n) is 3.31. The molecular weight excluding hydrogens is 266 g/mol. The first-order chi connectivity index (χ1) is 9.83. The standard InChI is InChI=1S/C17H23NOS/c1-3-7-17(14-8-5-4-6-9-14)18-12-15-10-11-16(19-15)13-20-2/h4-6,8-11,17-18H,3,7,12-13H2,1-2H3. The van der Waals surface area contributed by atoms with E-state index in [1.54, 1.807) is 11.8 Å². The van der Waals surface area contributed by atoms with Crippen LogP contribution in [0.25, 0.3) is 0 Å². The molecule has 2 nitrogen and oxygen atoms in total. The Morgan fingerprint density at radius 3 is 2.55 bits per heavy atom. The quantitative estimate of drug-likeness (QED) is 0.757. The molecule has 0 amide bonds. The van der Waals surface area contributed by atoms with Gasteiger partial charge in [-0.1, -0.05) is 43.7 Å². The largest absolute Gasteiger partial charge is 0.464 e. The van der Waals surface area contributed by atoms with Gasteiger partial charge in [0.2, 0.25) is 0 Å². The highest BCUT2D eigenvalue weighted by atomic mass is 32.2. The van der Waals surface area contributed by atoms with Gasteiger partial charge >= 0.3 is 0 Å². The van der Waals surface area contributed by atoms with E-state index in [0.29, 0.717) is 6.04 Å². The van der Waals surface area contributed by atoms with Crippen LogP contribution in [0.4, 0.5) is 0 Å². The minimum absolute atomic E-state index is 0.398. The van der Waals surface area contributed by atoms with Crippen LogP contribution in [0.1, 0.15) is 42.9 Å². The molecule has 0 bridgehead atoms. The van der Waals surface area contributed by atoms with Crippen LogP contribution >= 0.6 is 11.8 Å². The monoisotopic (exact) mass is 289 g/mol. The van der Waals surface area contributed by atoms with Crippen LogP contribution in [0, 0.1) is 0 Å². The highest BCUT2D eigenvalue weighted by Gasteiger charge is 2.10. The van der Waals surface area contributed by atoms with Crippen molar-refractivity contribution in [3.05, 3.63) is 59.5 Å². The molecule has 1 heterocycles. The summed E-state index contributed by atoms with van der Waals surface area (Å²) in [4.78, 5) is 0. The summed E-state index contributed by atoms with van der Waals surface area (Å²) in [6.45, 7) is 3.01. The molecule has 0 saturated carbocycles. The van der Waals surface area contributed by atoms with Crippen molar-refractivity contribution in [2.45, 2.75) is 38.1 Å². The van der Waals surface area contributed by atoms with Gasteiger partial charge < -0.3 is 9.73 Å². The molecule has 0 radical (unpaired) electrons. The van der Waals surface area contributed by atoms with Gasteiger partial charge in [-0.3, -0.25) is 0 Å². The summed E-state index contributed by atoms with van der Waals surface area (Å²) >= 11 is 1.78. The average molecular weight is 289 g/mol. The Kier molecular flexibility index (Phi) is 6.22. The van der Waals surface area contributed by atoms with E-state index < -0.39 is 0 Å². The second-order valence-electron chi connectivity index (χ2n) is 4.93. The third-order valence-corrected chi connectivity index (χ3v) is 3.88. The highest BCUT2D eigenvalue weighted by Crippen LogP contribution is 2.20. The molecule has 1 aromatic heterocycles. The third kappa shape index (κ3) is 4.43. The lowest BCUT2D eigenvalue weighted by Crippen LogP contribution is -2.20. The molecule has 0 aliphatic carbocycles. The summed E-state index contributed by atoms with van der Waals surface area (Å²) in [5.74, 6) is 3.02. The zero-order valence-corrected chi connectivity index (χ0v) is 13.1. The molecule has 0 saturated heterocycles. The first-order valence-electron chi connectivity index (χ1n) is 7.18. The van der Waals surface area contributed by atoms with Crippen molar-refractivity contribution in [2.75, 3.05) is 6.26 Å². The Balaban J connectivity index is 1.94. The van der Waals surface area contributed by atoms with Gasteiger partial charge in [0.15, 0.2) is 0 Å². The molecule has 0 spiro atoms. The summed E-state index contributed by atoms with van der Waals surface area (Å²) in [5.41, 5.74) is 1.35. The number of benzene rings is 1. The lowest BCUT2D eigenvalue weighted by molar-refractivity contribution is 0.422. The molecule has 1 aromatic carbocycles. The molecule has 0 aliphatic heterocycles. The normalized spacial score (nSPS) is 12.5.